The highest BCUT2D eigenvalue weighted by Gasteiger charge is 2.20. The van der Waals surface area contributed by atoms with E-state index < -0.39 is 24.5 Å². The molecule has 0 bridgehead atoms. The van der Waals surface area contributed by atoms with E-state index in [1.807, 2.05) is 0 Å². The lowest BCUT2D eigenvalue weighted by molar-refractivity contribution is -0.151. The van der Waals surface area contributed by atoms with Crippen molar-refractivity contribution in [1.29, 1.82) is 0 Å². The van der Waals surface area contributed by atoms with E-state index in [-0.39, 0.29) is 0 Å². The van der Waals surface area contributed by atoms with Crippen molar-refractivity contribution in [2.75, 3.05) is 7.11 Å². The second-order valence-corrected chi connectivity index (χ2v) is 1.59. The van der Waals surface area contributed by atoms with Gasteiger partial charge in [-0.3, -0.25) is 4.79 Å². The van der Waals surface area contributed by atoms with Crippen LogP contribution in [0.3, 0.4) is 0 Å². The van der Waals surface area contributed by atoms with Gasteiger partial charge in [-0.1, -0.05) is 0 Å². The van der Waals surface area contributed by atoms with Gasteiger partial charge in [0, 0.05) is 0 Å². The first kappa shape index (κ1) is 8.87. The van der Waals surface area contributed by atoms with Gasteiger partial charge in [0.25, 0.3) is 0 Å². The summed E-state index contributed by atoms with van der Waals surface area (Å²) in [4.78, 5) is 20.0. The van der Waals surface area contributed by atoms with E-state index in [9.17, 15) is 14.0 Å². The van der Waals surface area contributed by atoms with Crippen LogP contribution in [-0.4, -0.2) is 30.3 Å². The number of methoxy groups -OCH3 is 1. The minimum atomic E-state index is -2.05. The maximum absolute atomic E-state index is 12.2. The fourth-order valence-electron chi connectivity index (χ4n) is 0.365. The Kier molecular flexibility index (Phi) is 3.38. The first-order chi connectivity index (χ1) is 4.57. The molecule has 0 unspecified atom stereocenters. The molecule has 10 heavy (non-hydrogen) atoms. The highest BCUT2D eigenvalue weighted by Crippen LogP contribution is 1.99. The molecule has 1 atom stereocenters. The third-order valence-corrected chi connectivity index (χ3v) is 0.811. The standard InChI is InChI=1S/C5H7FO4/c1-10-5(9)3(6)2-4(7)8/h3H,2H2,1H3,(H,7,8)/t3-/m1/s1. The summed E-state index contributed by atoms with van der Waals surface area (Å²) in [5.41, 5.74) is 0. The summed E-state index contributed by atoms with van der Waals surface area (Å²) in [6.45, 7) is 0. The van der Waals surface area contributed by atoms with Gasteiger partial charge in [0.05, 0.1) is 13.5 Å². The van der Waals surface area contributed by atoms with Gasteiger partial charge in [-0.05, 0) is 0 Å². The molecule has 1 N–H and O–H groups in total. The Morgan fingerprint density at radius 1 is 1.70 bits per heavy atom. The summed E-state index contributed by atoms with van der Waals surface area (Å²) >= 11 is 0. The Morgan fingerprint density at radius 2 is 2.20 bits per heavy atom. The average Bonchev–Trinajstić information content (AvgIpc) is 1.85. The van der Waals surface area contributed by atoms with Crippen molar-refractivity contribution < 1.29 is 23.8 Å². The summed E-state index contributed by atoms with van der Waals surface area (Å²) in [7, 11) is 0.997. The third-order valence-electron chi connectivity index (χ3n) is 0.811. The smallest absolute Gasteiger partial charge is 0.341 e. The minimum absolute atomic E-state index is 0.841. The van der Waals surface area contributed by atoms with E-state index in [1.54, 1.807) is 0 Å². The van der Waals surface area contributed by atoms with Crippen molar-refractivity contribution in [1.82, 2.24) is 0 Å². The molecule has 0 aromatic carbocycles. The predicted molar refractivity (Wildman–Crippen MR) is 29.2 cm³/mol. The minimum Gasteiger partial charge on any atom is -0.481 e. The molecule has 0 aromatic heterocycles. The number of carboxylic acid groups (broad SMARTS) is 1. The quantitative estimate of drug-likeness (QED) is 0.574. The van der Waals surface area contributed by atoms with Crippen LogP contribution in [0.4, 0.5) is 4.39 Å². The normalized spacial score (nSPS) is 12.2. The van der Waals surface area contributed by atoms with E-state index in [0.717, 1.165) is 7.11 Å². The number of hydrogen-bond donors (Lipinski definition) is 1. The first-order valence-electron chi connectivity index (χ1n) is 2.51. The van der Waals surface area contributed by atoms with Gasteiger partial charge in [-0.15, -0.1) is 0 Å². The molecule has 0 heterocycles. The van der Waals surface area contributed by atoms with Crippen LogP contribution in [0.2, 0.25) is 0 Å². The molecule has 0 spiro atoms. The number of alkyl halides is 1. The zero-order valence-electron chi connectivity index (χ0n) is 5.33. The van der Waals surface area contributed by atoms with Crippen LogP contribution in [0.15, 0.2) is 0 Å². The van der Waals surface area contributed by atoms with Gasteiger partial charge < -0.3 is 9.84 Å². The molecular weight excluding hydrogens is 143 g/mol. The topological polar surface area (TPSA) is 63.6 Å². The number of halogens is 1. The van der Waals surface area contributed by atoms with Crippen molar-refractivity contribution in [2.45, 2.75) is 12.6 Å². The van der Waals surface area contributed by atoms with Crippen LogP contribution in [-0.2, 0) is 14.3 Å². The zero-order valence-corrected chi connectivity index (χ0v) is 5.33. The Balaban J connectivity index is 3.72. The molecule has 5 heteroatoms. The third kappa shape index (κ3) is 3.01. The lowest BCUT2D eigenvalue weighted by Crippen LogP contribution is -2.20. The number of rotatable bonds is 3. The number of ether oxygens (including phenoxy) is 1. The van der Waals surface area contributed by atoms with Crippen LogP contribution in [0.25, 0.3) is 0 Å². The largest absolute Gasteiger partial charge is 0.481 e. The van der Waals surface area contributed by atoms with Crippen molar-refractivity contribution in [3.63, 3.8) is 0 Å². The number of carbonyl (C=O) groups is 2. The number of hydrogen-bond acceptors (Lipinski definition) is 3. The van der Waals surface area contributed by atoms with Crippen LogP contribution < -0.4 is 0 Å². The Hall–Kier alpha value is -1.13. The molecule has 0 radical (unpaired) electrons. The molecule has 58 valence electrons. The molecule has 0 aliphatic heterocycles. The molecule has 0 aromatic rings. The number of esters is 1. The SMILES string of the molecule is COC(=O)[C@H](F)CC(=O)O. The van der Waals surface area contributed by atoms with Crippen molar-refractivity contribution in [3.05, 3.63) is 0 Å². The van der Waals surface area contributed by atoms with E-state index in [4.69, 9.17) is 5.11 Å². The van der Waals surface area contributed by atoms with Gasteiger partial charge in [0.15, 0.2) is 0 Å². The van der Waals surface area contributed by atoms with Crippen molar-refractivity contribution in [3.8, 4) is 0 Å². The van der Waals surface area contributed by atoms with E-state index in [1.165, 1.54) is 0 Å². The number of carboxylic acids is 1. The first-order valence-corrected chi connectivity index (χ1v) is 2.51. The zero-order chi connectivity index (χ0) is 8.15. The Labute approximate surface area is 56.6 Å². The van der Waals surface area contributed by atoms with E-state index >= 15 is 0 Å². The van der Waals surface area contributed by atoms with Gasteiger partial charge in [0.1, 0.15) is 0 Å². The predicted octanol–water partition coefficient (Wildman–Crippen LogP) is -0.0278. The molecule has 0 fully saturated rings. The van der Waals surface area contributed by atoms with Crippen molar-refractivity contribution >= 4 is 11.9 Å². The summed E-state index contributed by atoms with van der Waals surface area (Å²) in [6, 6.07) is 0. The fourth-order valence-corrected chi connectivity index (χ4v) is 0.365. The number of aliphatic carboxylic acids is 1. The summed E-state index contributed by atoms with van der Waals surface area (Å²) in [5, 5.41) is 7.98. The maximum Gasteiger partial charge on any atom is 0.341 e. The van der Waals surface area contributed by atoms with Gasteiger partial charge in [0.2, 0.25) is 6.17 Å². The lowest BCUT2D eigenvalue weighted by atomic mass is 10.3. The molecule has 0 saturated heterocycles. The second-order valence-electron chi connectivity index (χ2n) is 1.59. The highest BCUT2D eigenvalue weighted by molar-refractivity contribution is 5.80. The highest BCUT2D eigenvalue weighted by atomic mass is 19.1. The molecule has 0 amide bonds. The molecule has 0 aliphatic rings. The van der Waals surface area contributed by atoms with Crippen LogP contribution >= 0.6 is 0 Å². The van der Waals surface area contributed by atoms with Gasteiger partial charge >= 0.3 is 11.9 Å². The summed E-state index contributed by atoms with van der Waals surface area (Å²) in [5.74, 6) is -2.51. The monoisotopic (exact) mass is 150 g/mol. The Bertz CT molecular complexity index is 145. The van der Waals surface area contributed by atoms with Crippen LogP contribution in [0.1, 0.15) is 6.42 Å². The van der Waals surface area contributed by atoms with Crippen LogP contribution in [0.5, 0.6) is 0 Å². The van der Waals surface area contributed by atoms with E-state index in [2.05, 4.69) is 4.74 Å². The van der Waals surface area contributed by atoms with Gasteiger partial charge in [-0.2, -0.15) is 0 Å². The molecule has 4 nitrogen and oxygen atoms in total. The lowest BCUT2D eigenvalue weighted by Gasteiger charge is -2.00. The molecule has 0 aliphatic carbocycles. The number of carbonyl (C=O) groups excluding carboxylic acids is 1. The summed E-state index contributed by atoms with van der Waals surface area (Å²) in [6.07, 6.45) is -2.89. The molecule has 0 saturated carbocycles. The molecule has 0 rings (SSSR count). The second kappa shape index (κ2) is 3.81. The van der Waals surface area contributed by atoms with Gasteiger partial charge in [-0.25, -0.2) is 9.18 Å². The maximum atomic E-state index is 12.2. The molecular formula is C5H7FO4. The van der Waals surface area contributed by atoms with E-state index in [0.29, 0.717) is 0 Å². The summed E-state index contributed by atoms with van der Waals surface area (Å²) < 4.78 is 16.1. The Morgan fingerprint density at radius 3 is 2.50 bits per heavy atom. The van der Waals surface area contributed by atoms with Crippen LogP contribution in [0, 0.1) is 0 Å². The fraction of sp³-hybridized carbons (Fsp3) is 0.600. The van der Waals surface area contributed by atoms with Crippen molar-refractivity contribution in [2.24, 2.45) is 0 Å². The average molecular weight is 150 g/mol.